The first kappa shape index (κ1) is 11.7. The number of hydrogen-bond acceptors (Lipinski definition) is 6. The predicted molar refractivity (Wildman–Crippen MR) is 58.9 cm³/mol. The first-order valence-electron chi connectivity index (χ1n) is 5.40. The molecule has 2 rings (SSSR count). The number of aromatic nitrogens is 4. The minimum Gasteiger partial charge on any atom is -0.394 e. The maximum absolute atomic E-state index is 8.75. The predicted octanol–water partition coefficient (Wildman–Crippen LogP) is -0.143. The summed E-state index contributed by atoms with van der Waals surface area (Å²) in [5.41, 5.74) is 1.05. The van der Waals surface area contributed by atoms with Crippen LogP contribution in [0.3, 0.4) is 0 Å². The van der Waals surface area contributed by atoms with Gasteiger partial charge in [-0.2, -0.15) is 10.1 Å². The highest BCUT2D eigenvalue weighted by Gasteiger charge is 2.02. The van der Waals surface area contributed by atoms with E-state index in [1.165, 1.54) is 0 Å². The monoisotopic (exact) mass is 237 g/mol. The number of hydrogen-bond donors (Lipinski definition) is 2. The normalized spacial score (nSPS) is 10.9. The fourth-order valence-corrected chi connectivity index (χ4v) is 1.45. The highest BCUT2D eigenvalue weighted by atomic mass is 16.5. The Morgan fingerprint density at radius 3 is 3.06 bits per heavy atom. The summed E-state index contributed by atoms with van der Waals surface area (Å²) >= 11 is 0. The fourth-order valence-electron chi connectivity index (χ4n) is 1.45. The van der Waals surface area contributed by atoms with Gasteiger partial charge in [0.1, 0.15) is 0 Å². The van der Waals surface area contributed by atoms with Crippen LogP contribution in [0.25, 0.3) is 0 Å². The Bertz CT molecular complexity index is 465. The van der Waals surface area contributed by atoms with Gasteiger partial charge in [0, 0.05) is 25.2 Å². The van der Waals surface area contributed by atoms with Crippen molar-refractivity contribution in [3.63, 3.8) is 0 Å². The molecule has 0 bridgehead atoms. The molecule has 0 aliphatic carbocycles. The van der Waals surface area contributed by atoms with E-state index in [0.717, 1.165) is 5.56 Å². The van der Waals surface area contributed by atoms with Crippen molar-refractivity contribution in [1.29, 1.82) is 0 Å². The number of rotatable bonds is 6. The molecular formula is C10H15N5O2. The molecule has 0 unspecified atom stereocenters. The molecule has 0 saturated carbocycles. The highest BCUT2D eigenvalue weighted by molar-refractivity contribution is 5.03. The molecule has 2 aromatic heterocycles. The van der Waals surface area contributed by atoms with Crippen LogP contribution >= 0.6 is 0 Å². The van der Waals surface area contributed by atoms with Crippen LogP contribution in [-0.4, -0.2) is 31.6 Å². The summed E-state index contributed by atoms with van der Waals surface area (Å²) in [6.07, 6.45) is 3.66. The van der Waals surface area contributed by atoms with E-state index in [1.54, 1.807) is 17.8 Å². The van der Waals surface area contributed by atoms with Crippen LogP contribution in [0.5, 0.6) is 0 Å². The smallest absolute Gasteiger partial charge is 0.223 e. The van der Waals surface area contributed by atoms with Gasteiger partial charge in [-0.3, -0.25) is 4.68 Å². The Kier molecular flexibility index (Phi) is 3.84. The second kappa shape index (κ2) is 5.55. The molecule has 0 aliphatic heterocycles. The molecule has 0 atom stereocenters. The van der Waals surface area contributed by atoms with Crippen LogP contribution in [-0.2, 0) is 19.6 Å². The van der Waals surface area contributed by atoms with Gasteiger partial charge in [-0.15, -0.1) is 0 Å². The molecule has 0 aromatic carbocycles. The Morgan fingerprint density at radius 2 is 2.35 bits per heavy atom. The van der Waals surface area contributed by atoms with Crippen LogP contribution in [0.1, 0.15) is 17.3 Å². The quantitative estimate of drug-likeness (QED) is 0.726. The van der Waals surface area contributed by atoms with Gasteiger partial charge in [0.05, 0.1) is 25.9 Å². The molecule has 7 nitrogen and oxygen atoms in total. The van der Waals surface area contributed by atoms with E-state index >= 15 is 0 Å². The maximum Gasteiger partial charge on any atom is 0.223 e. The minimum atomic E-state index is 0.0939. The summed E-state index contributed by atoms with van der Waals surface area (Å²) in [5, 5.41) is 19.8. The van der Waals surface area contributed by atoms with Crippen LogP contribution in [0.2, 0.25) is 0 Å². The number of nitrogens with one attached hydrogen (secondary N) is 1. The molecule has 0 aliphatic rings. The van der Waals surface area contributed by atoms with E-state index in [0.29, 0.717) is 31.3 Å². The lowest BCUT2D eigenvalue weighted by molar-refractivity contribution is 0.269. The Morgan fingerprint density at radius 1 is 1.47 bits per heavy atom. The number of aryl methyl sites for hydroxylation is 1. The molecule has 2 heterocycles. The van der Waals surface area contributed by atoms with Crippen molar-refractivity contribution in [2.45, 2.75) is 26.6 Å². The first-order chi connectivity index (χ1) is 8.28. The van der Waals surface area contributed by atoms with E-state index in [2.05, 4.69) is 20.6 Å². The second-order valence-electron chi connectivity index (χ2n) is 3.67. The Balaban J connectivity index is 1.77. The lowest BCUT2D eigenvalue weighted by Crippen LogP contribution is -2.13. The SMILES string of the molecule is Cc1nc(CNCc2cnn(CCO)c2)no1. The van der Waals surface area contributed by atoms with Gasteiger partial charge in [0.2, 0.25) is 5.89 Å². The van der Waals surface area contributed by atoms with Crippen molar-refractivity contribution in [2.75, 3.05) is 6.61 Å². The van der Waals surface area contributed by atoms with Crippen molar-refractivity contribution in [1.82, 2.24) is 25.2 Å². The van der Waals surface area contributed by atoms with Gasteiger partial charge in [0.15, 0.2) is 5.82 Å². The zero-order valence-electron chi connectivity index (χ0n) is 9.63. The molecule has 0 saturated heterocycles. The van der Waals surface area contributed by atoms with Crippen molar-refractivity contribution in [3.8, 4) is 0 Å². The minimum absolute atomic E-state index is 0.0939. The number of aliphatic hydroxyl groups excluding tert-OH is 1. The van der Waals surface area contributed by atoms with Gasteiger partial charge in [-0.05, 0) is 0 Å². The zero-order chi connectivity index (χ0) is 12.1. The van der Waals surface area contributed by atoms with Crippen LogP contribution in [0.4, 0.5) is 0 Å². The second-order valence-corrected chi connectivity index (χ2v) is 3.67. The Hall–Kier alpha value is -1.73. The van der Waals surface area contributed by atoms with Crippen molar-refractivity contribution in [3.05, 3.63) is 29.7 Å². The largest absolute Gasteiger partial charge is 0.394 e. The zero-order valence-corrected chi connectivity index (χ0v) is 9.63. The summed E-state index contributed by atoms with van der Waals surface area (Å²) in [5.74, 6) is 1.21. The third kappa shape index (κ3) is 3.36. The molecule has 17 heavy (non-hydrogen) atoms. The molecule has 2 N–H and O–H groups in total. The lowest BCUT2D eigenvalue weighted by atomic mass is 10.3. The highest BCUT2D eigenvalue weighted by Crippen LogP contribution is 1.99. The Labute approximate surface area is 98.4 Å². The number of nitrogens with zero attached hydrogens (tertiary/aromatic N) is 4. The molecule has 0 fully saturated rings. The summed E-state index contributed by atoms with van der Waals surface area (Å²) in [4.78, 5) is 4.08. The van der Waals surface area contributed by atoms with Crippen molar-refractivity contribution < 1.29 is 9.63 Å². The van der Waals surface area contributed by atoms with Gasteiger partial charge >= 0.3 is 0 Å². The molecule has 92 valence electrons. The van der Waals surface area contributed by atoms with Crippen molar-refractivity contribution >= 4 is 0 Å². The average Bonchev–Trinajstić information content (AvgIpc) is 2.89. The lowest BCUT2D eigenvalue weighted by Gasteiger charge is -1.98. The fraction of sp³-hybridized carbons (Fsp3) is 0.500. The summed E-state index contributed by atoms with van der Waals surface area (Å²) in [6, 6.07) is 0. The van der Waals surface area contributed by atoms with Crippen LogP contribution in [0, 0.1) is 6.92 Å². The summed E-state index contributed by atoms with van der Waals surface area (Å²) in [7, 11) is 0. The van der Waals surface area contributed by atoms with Crippen molar-refractivity contribution in [2.24, 2.45) is 0 Å². The topological polar surface area (TPSA) is 89.0 Å². The van der Waals surface area contributed by atoms with E-state index < -0.39 is 0 Å². The van der Waals surface area contributed by atoms with Gasteiger partial charge in [-0.1, -0.05) is 5.16 Å². The van der Waals surface area contributed by atoms with Crippen LogP contribution < -0.4 is 5.32 Å². The average molecular weight is 237 g/mol. The molecule has 7 heteroatoms. The molecule has 2 aromatic rings. The third-order valence-corrected chi connectivity index (χ3v) is 2.20. The van der Waals surface area contributed by atoms with Gasteiger partial charge in [0.25, 0.3) is 0 Å². The molecule has 0 radical (unpaired) electrons. The summed E-state index contributed by atoms with van der Waals surface area (Å²) < 4.78 is 6.56. The van der Waals surface area contributed by atoms with E-state index in [-0.39, 0.29) is 6.61 Å². The van der Waals surface area contributed by atoms with E-state index in [9.17, 15) is 0 Å². The molecule has 0 spiro atoms. The summed E-state index contributed by atoms with van der Waals surface area (Å²) in [6.45, 7) is 3.61. The van der Waals surface area contributed by atoms with Gasteiger partial charge in [-0.25, -0.2) is 0 Å². The maximum atomic E-state index is 8.75. The number of aliphatic hydroxyl groups is 1. The van der Waals surface area contributed by atoms with Crippen LogP contribution in [0.15, 0.2) is 16.9 Å². The van der Waals surface area contributed by atoms with Gasteiger partial charge < -0.3 is 14.9 Å². The van der Waals surface area contributed by atoms with E-state index in [1.807, 2.05) is 6.20 Å². The van der Waals surface area contributed by atoms with E-state index in [4.69, 9.17) is 9.63 Å². The third-order valence-electron chi connectivity index (χ3n) is 2.20. The standard InChI is InChI=1S/C10H15N5O2/c1-8-13-10(14-17-8)6-11-4-9-5-12-15(7-9)2-3-16/h5,7,11,16H,2-4,6H2,1H3. The molecular weight excluding hydrogens is 222 g/mol. The first-order valence-corrected chi connectivity index (χ1v) is 5.40. The molecule has 0 amide bonds.